The third-order valence-electron chi connectivity index (χ3n) is 2.37. The lowest BCUT2D eigenvalue weighted by Crippen LogP contribution is -2.62. The molecule has 2 aliphatic rings. The molecule has 2 nitrogen and oxygen atoms in total. The Kier molecular flexibility index (Phi) is 1.67. The van der Waals surface area contributed by atoms with E-state index < -0.39 is 4.33 Å². The molecular weight excluding hydrogens is 187 g/mol. The Balaban J connectivity index is 2.15. The molecular formula is C7H8Cl2O2. The summed E-state index contributed by atoms with van der Waals surface area (Å²) in [5.41, 5.74) is 0. The number of hydrogen-bond acceptors (Lipinski definition) is 2. The fourth-order valence-electron chi connectivity index (χ4n) is 1.69. The number of carbonyl (C=O) groups is 1. The van der Waals surface area contributed by atoms with Crippen molar-refractivity contribution in [2.24, 2.45) is 5.92 Å². The molecule has 0 N–H and O–H groups in total. The fourth-order valence-corrected chi connectivity index (χ4v) is 2.35. The van der Waals surface area contributed by atoms with Gasteiger partial charge in [-0.3, -0.25) is 4.79 Å². The zero-order valence-corrected chi connectivity index (χ0v) is 7.36. The van der Waals surface area contributed by atoms with Crippen LogP contribution < -0.4 is 0 Å². The lowest BCUT2D eigenvalue weighted by atomic mass is 9.75. The van der Waals surface area contributed by atoms with Crippen molar-refractivity contribution < 1.29 is 9.53 Å². The second-order valence-electron chi connectivity index (χ2n) is 3.03. The van der Waals surface area contributed by atoms with Crippen molar-refractivity contribution in [3.05, 3.63) is 0 Å². The van der Waals surface area contributed by atoms with Gasteiger partial charge in [0.2, 0.25) is 0 Å². The van der Waals surface area contributed by atoms with Gasteiger partial charge in [-0.1, -0.05) is 23.2 Å². The zero-order chi connectivity index (χ0) is 8.06. The zero-order valence-electron chi connectivity index (χ0n) is 5.85. The minimum absolute atomic E-state index is 0.0343. The first-order chi connectivity index (χ1) is 5.14. The maximum atomic E-state index is 11.1. The molecule has 1 aliphatic carbocycles. The molecule has 0 aromatic heterocycles. The summed E-state index contributed by atoms with van der Waals surface area (Å²) < 4.78 is 4.06. The maximum absolute atomic E-state index is 11.1. The largest absolute Gasteiger partial charge is 0.370 e. The Morgan fingerprint density at radius 3 is 2.91 bits per heavy atom. The van der Waals surface area contributed by atoms with Crippen LogP contribution in [0, 0.1) is 5.92 Å². The number of ketones is 1. The van der Waals surface area contributed by atoms with E-state index in [9.17, 15) is 4.79 Å². The number of rotatable bonds is 0. The van der Waals surface area contributed by atoms with E-state index in [1.54, 1.807) is 0 Å². The van der Waals surface area contributed by atoms with E-state index in [1.165, 1.54) is 0 Å². The topological polar surface area (TPSA) is 26.3 Å². The van der Waals surface area contributed by atoms with Crippen LogP contribution in [0.5, 0.6) is 0 Å². The summed E-state index contributed by atoms with van der Waals surface area (Å²) in [6.07, 6.45) is 1.55. The molecule has 1 saturated heterocycles. The lowest BCUT2D eigenvalue weighted by molar-refractivity contribution is -0.157. The number of halogens is 2. The van der Waals surface area contributed by atoms with Gasteiger partial charge in [0.15, 0.2) is 10.1 Å². The molecule has 2 atom stereocenters. The molecule has 0 aromatic rings. The summed E-state index contributed by atoms with van der Waals surface area (Å²) in [6, 6.07) is 0. The first-order valence-corrected chi connectivity index (χ1v) is 4.43. The Labute approximate surface area is 74.8 Å². The van der Waals surface area contributed by atoms with E-state index in [4.69, 9.17) is 27.9 Å². The molecule has 2 fully saturated rings. The van der Waals surface area contributed by atoms with Gasteiger partial charge >= 0.3 is 0 Å². The van der Waals surface area contributed by atoms with E-state index >= 15 is 0 Å². The average Bonchev–Trinajstić information content (AvgIpc) is 2.04. The summed E-state index contributed by atoms with van der Waals surface area (Å²) in [5, 5.41) is 0. The molecule has 1 aliphatic heterocycles. The predicted octanol–water partition coefficient (Wildman–Crippen LogP) is 1.54. The Morgan fingerprint density at radius 1 is 1.55 bits per heavy atom. The summed E-state index contributed by atoms with van der Waals surface area (Å²) in [7, 11) is 0. The number of alkyl halides is 2. The normalized spacial score (nSPS) is 41.1. The molecule has 62 valence electrons. The summed E-state index contributed by atoms with van der Waals surface area (Å²) in [5.74, 6) is -0.127. The minimum Gasteiger partial charge on any atom is -0.370 e. The molecule has 0 bridgehead atoms. The van der Waals surface area contributed by atoms with E-state index in [2.05, 4.69) is 0 Å². The SMILES string of the molecule is O=C1C2OCCCC2C1(Cl)Cl. The molecule has 11 heavy (non-hydrogen) atoms. The first kappa shape index (κ1) is 7.84. The van der Waals surface area contributed by atoms with Crippen LogP contribution in [-0.2, 0) is 9.53 Å². The van der Waals surface area contributed by atoms with Gasteiger partial charge in [0.25, 0.3) is 0 Å². The molecule has 2 unspecified atom stereocenters. The highest BCUT2D eigenvalue weighted by Crippen LogP contribution is 2.50. The highest BCUT2D eigenvalue weighted by Gasteiger charge is 2.61. The quantitative estimate of drug-likeness (QED) is 0.548. The number of ether oxygens (including phenoxy) is 1. The smallest absolute Gasteiger partial charge is 0.198 e. The van der Waals surface area contributed by atoms with Crippen LogP contribution in [0.25, 0.3) is 0 Å². The molecule has 0 aromatic carbocycles. The third kappa shape index (κ3) is 0.930. The number of fused-ring (bicyclic) bond motifs is 1. The van der Waals surface area contributed by atoms with Crippen LogP contribution in [0.1, 0.15) is 12.8 Å². The van der Waals surface area contributed by atoms with Crippen molar-refractivity contribution >= 4 is 29.0 Å². The highest BCUT2D eigenvalue weighted by molar-refractivity contribution is 6.61. The standard InChI is InChI=1S/C7H8Cl2O2/c8-7(9)4-2-1-3-11-5(4)6(7)10/h4-5H,1-3H2. The first-order valence-electron chi connectivity index (χ1n) is 3.68. The molecule has 1 heterocycles. The van der Waals surface area contributed by atoms with E-state index in [0.29, 0.717) is 6.61 Å². The van der Waals surface area contributed by atoms with Gasteiger partial charge in [-0.15, -0.1) is 0 Å². The third-order valence-corrected chi connectivity index (χ3v) is 3.31. The van der Waals surface area contributed by atoms with Crippen molar-refractivity contribution in [3.63, 3.8) is 0 Å². The van der Waals surface area contributed by atoms with E-state index in [1.807, 2.05) is 0 Å². The second kappa shape index (κ2) is 2.35. The van der Waals surface area contributed by atoms with Gasteiger partial charge in [-0.25, -0.2) is 0 Å². The minimum atomic E-state index is -1.15. The monoisotopic (exact) mass is 194 g/mol. The van der Waals surface area contributed by atoms with Gasteiger partial charge in [0.1, 0.15) is 6.10 Å². The Hall–Kier alpha value is 0.210. The van der Waals surface area contributed by atoms with Crippen molar-refractivity contribution in [1.82, 2.24) is 0 Å². The Bertz CT molecular complexity index is 203. The predicted molar refractivity (Wildman–Crippen MR) is 41.9 cm³/mol. The molecule has 0 amide bonds. The molecule has 2 rings (SSSR count). The molecule has 0 spiro atoms. The number of hydrogen-bond donors (Lipinski definition) is 0. The molecule has 4 heteroatoms. The van der Waals surface area contributed by atoms with Gasteiger partial charge in [0.05, 0.1) is 0 Å². The van der Waals surface area contributed by atoms with E-state index in [0.717, 1.165) is 12.8 Å². The van der Waals surface area contributed by atoms with E-state index in [-0.39, 0.29) is 17.8 Å². The average molecular weight is 195 g/mol. The second-order valence-corrected chi connectivity index (χ2v) is 4.41. The van der Waals surface area contributed by atoms with Crippen LogP contribution in [0.15, 0.2) is 0 Å². The van der Waals surface area contributed by atoms with Crippen molar-refractivity contribution in [2.45, 2.75) is 23.3 Å². The van der Waals surface area contributed by atoms with Crippen molar-refractivity contribution in [1.29, 1.82) is 0 Å². The maximum Gasteiger partial charge on any atom is 0.198 e. The van der Waals surface area contributed by atoms with Crippen LogP contribution in [0.3, 0.4) is 0 Å². The fraction of sp³-hybridized carbons (Fsp3) is 0.857. The van der Waals surface area contributed by atoms with Crippen LogP contribution in [0.2, 0.25) is 0 Å². The van der Waals surface area contributed by atoms with Crippen molar-refractivity contribution in [3.8, 4) is 0 Å². The summed E-state index contributed by atoms with van der Waals surface area (Å²) in [6.45, 7) is 0.663. The van der Waals surface area contributed by atoms with Gasteiger partial charge in [-0.05, 0) is 12.8 Å². The Morgan fingerprint density at radius 2 is 2.27 bits per heavy atom. The summed E-state index contributed by atoms with van der Waals surface area (Å²) in [4.78, 5) is 11.1. The lowest BCUT2D eigenvalue weighted by Gasteiger charge is -2.47. The van der Waals surface area contributed by atoms with Crippen LogP contribution >= 0.6 is 23.2 Å². The van der Waals surface area contributed by atoms with Gasteiger partial charge in [-0.2, -0.15) is 0 Å². The summed E-state index contributed by atoms with van der Waals surface area (Å²) >= 11 is 11.5. The van der Waals surface area contributed by atoms with Crippen LogP contribution in [0.4, 0.5) is 0 Å². The molecule has 0 radical (unpaired) electrons. The van der Waals surface area contributed by atoms with Crippen LogP contribution in [-0.4, -0.2) is 22.8 Å². The highest BCUT2D eigenvalue weighted by atomic mass is 35.5. The van der Waals surface area contributed by atoms with Gasteiger partial charge in [0, 0.05) is 12.5 Å². The molecule has 1 saturated carbocycles. The van der Waals surface area contributed by atoms with Gasteiger partial charge < -0.3 is 4.74 Å². The number of Topliss-reactive ketones (excluding diaryl/α,β-unsaturated/α-hetero) is 1. The van der Waals surface area contributed by atoms with Crippen molar-refractivity contribution in [2.75, 3.05) is 6.61 Å². The number of carbonyl (C=O) groups excluding carboxylic acids is 1.